The van der Waals surface area contributed by atoms with Gasteiger partial charge in [-0.05, 0) is 89.9 Å². The minimum Gasteiger partial charge on any atom is -0.481 e. The van der Waals surface area contributed by atoms with Crippen molar-refractivity contribution in [3.8, 4) is 0 Å². The number of pyridine rings is 1. The molecule has 2 aromatic rings. The zero-order valence-corrected chi connectivity index (χ0v) is 26.6. The van der Waals surface area contributed by atoms with E-state index in [0.29, 0.717) is 24.3 Å². The minimum absolute atomic E-state index is 0.00123. The Hall–Kier alpha value is -3.74. The van der Waals surface area contributed by atoms with Crippen LogP contribution >= 0.6 is 0 Å². The summed E-state index contributed by atoms with van der Waals surface area (Å²) in [6.07, 6.45) is 15.8. The number of carbonyl (C=O) groups excluding carboxylic acids is 2. The van der Waals surface area contributed by atoms with E-state index in [1.165, 1.54) is 34.5 Å². The fourth-order valence-corrected chi connectivity index (χ4v) is 9.20. The lowest BCUT2D eigenvalue weighted by atomic mass is 9.47. The highest BCUT2D eigenvalue weighted by Crippen LogP contribution is 2.66. The highest BCUT2D eigenvalue weighted by atomic mass is 16.5. The van der Waals surface area contributed by atoms with E-state index in [1.54, 1.807) is 0 Å². The van der Waals surface area contributed by atoms with Crippen LogP contribution in [0.3, 0.4) is 0 Å². The van der Waals surface area contributed by atoms with Crippen LogP contribution in [0.4, 0.5) is 0 Å². The molecular weight excluding hydrogens is 564 g/mol. The van der Waals surface area contributed by atoms with Crippen molar-refractivity contribution in [2.24, 2.45) is 28.6 Å². The zero-order valence-electron chi connectivity index (χ0n) is 26.6. The number of carboxylic acid groups (broad SMARTS) is 1. The van der Waals surface area contributed by atoms with Crippen LogP contribution in [0.2, 0.25) is 0 Å². The van der Waals surface area contributed by atoms with Crippen molar-refractivity contribution < 1.29 is 24.2 Å². The first-order chi connectivity index (χ1) is 21.7. The molecule has 1 aromatic heterocycles. The van der Waals surface area contributed by atoms with Crippen LogP contribution < -0.4 is 0 Å². The molecule has 7 nitrogen and oxygen atoms in total. The SMILES string of the molecule is CC12CC[C@H]3C(CC=C4CC(OC(=O)CCC(=O)N(CCC(=O)O)Cc5ccccc5)CCC43C)C1CC=C2c1cccnc1. The largest absolute Gasteiger partial charge is 0.481 e. The fraction of sp³-hybridized carbons (Fsp3) is 0.526. The Morgan fingerprint density at radius 1 is 0.933 bits per heavy atom. The van der Waals surface area contributed by atoms with Crippen LogP contribution in [0, 0.1) is 28.6 Å². The molecule has 1 heterocycles. The number of hydrogen-bond donors (Lipinski definition) is 1. The van der Waals surface area contributed by atoms with Crippen LogP contribution in [0.5, 0.6) is 0 Å². The molecule has 4 aliphatic carbocycles. The quantitative estimate of drug-likeness (QED) is 0.225. The third-order valence-corrected chi connectivity index (χ3v) is 11.6. The lowest BCUT2D eigenvalue weighted by Crippen LogP contribution is -2.50. The Morgan fingerprint density at radius 2 is 1.73 bits per heavy atom. The van der Waals surface area contributed by atoms with E-state index in [1.807, 2.05) is 48.8 Å². The summed E-state index contributed by atoms with van der Waals surface area (Å²) in [5.74, 6) is 0.417. The molecule has 0 radical (unpaired) electrons. The molecule has 2 fully saturated rings. The van der Waals surface area contributed by atoms with Gasteiger partial charge in [-0.15, -0.1) is 0 Å². The molecule has 7 heteroatoms. The van der Waals surface area contributed by atoms with Crippen molar-refractivity contribution in [2.45, 2.75) is 90.7 Å². The summed E-state index contributed by atoms with van der Waals surface area (Å²) < 4.78 is 5.96. The number of allylic oxidation sites excluding steroid dienone is 3. The van der Waals surface area contributed by atoms with Crippen LogP contribution in [0.1, 0.15) is 89.2 Å². The predicted octanol–water partition coefficient (Wildman–Crippen LogP) is 7.23. The first-order valence-electron chi connectivity index (χ1n) is 16.7. The third kappa shape index (κ3) is 6.36. The Morgan fingerprint density at radius 3 is 2.49 bits per heavy atom. The van der Waals surface area contributed by atoms with Gasteiger partial charge in [-0.2, -0.15) is 0 Å². The van der Waals surface area contributed by atoms with E-state index >= 15 is 0 Å². The van der Waals surface area contributed by atoms with Gasteiger partial charge in [-0.25, -0.2) is 0 Å². The van der Waals surface area contributed by atoms with Crippen LogP contribution in [-0.4, -0.2) is 45.5 Å². The Bertz CT molecular complexity index is 1470. The van der Waals surface area contributed by atoms with Gasteiger partial charge in [0, 0.05) is 38.3 Å². The first kappa shape index (κ1) is 31.3. The van der Waals surface area contributed by atoms with Crippen molar-refractivity contribution in [1.29, 1.82) is 0 Å². The number of rotatable bonds is 10. The highest BCUT2D eigenvalue weighted by molar-refractivity contribution is 5.82. The molecule has 6 rings (SSSR count). The number of hydrogen-bond acceptors (Lipinski definition) is 5. The normalized spacial score (nSPS) is 30.2. The smallest absolute Gasteiger partial charge is 0.306 e. The molecule has 0 aliphatic heterocycles. The van der Waals surface area contributed by atoms with Gasteiger partial charge in [0.15, 0.2) is 0 Å². The minimum atomic E-state index is -0.954. The van der Waals surface area contributed by atoms with Gasteiger partial charge in [0.2, 0.25) is 5.91 Å². The van der Waals surface area contributed by atoms with E-state index in [0.717, 1.165) is 37.7 Å². The summed E-state index contributed by atoms with van der Waals surface area (Å²) in [4.78, 5) is 43.1. The van der Waals surface area contributed by atoms with E-state index in [4.69, 9.17) is 9.84 Å². The average Bonchev–Trinajstić information content (AvgIpc) is 3.40. The van der Waals surface area contributed by atoms with Crippen LogP contribution in [-0.2, 0) is 25.7 Å². The second-order valence-electron chi connectivity index (χ2n) is 14.1. The molecule has 0 saturated heterocycles. The van der Waals surface area contributed by atoms with E-state index in [9.17, 15) is 14.4 Å². The van der Waals surface area contributed by atoms with Gasteiger partial charge in [0.05, 0.1) is 12.8 Å². The molecule has 0 spiro atoms. The number of fused-ring (bicyclic) bond motifs is 5. The second-order valence-corrected chi connectivity index (χ2v) is 14.1. The predicted molar refractivity (Wildman–Crippen MR) is 173 cm³/mol. The number of esters is 1. The number of benzene rings is 1. The molecule has 45 heavy (non-hydrogen) atoms. The fourth-order valence-electron chi connectivity index (χ4n) is 9.20. The van der Waals surface area contributed by atoms with E-state index in [2.05, 4.69) is 37.0 Å². The molecule has 1 amide bonds. The van der Waals surface area contributed by atoms with Crippen molar-refractivity contribution in [2.75, 3.05) is 6.54 Å². The van der Waals surface area contributed by atoms with E-state index < -0.39 is 5.97 Å². The number of aliphatic carboxylic acids is 1. The molecule has 1 N–H and O–H groups in total. The van der Waals surface area contributed by atoms with E-state index in [-0.39, 0.29) is 54.6 Å². The molecule has 4 aliphatic rings. The number of aromatic nitrogens is 1. The third-order valence-electron chi connectivity index (χ3n) is 11.6. The number of nitrogens with zero attached hydrogens (tertiary/aromatic N) is 2. The van der Waals surface area contributed by atoms with Gasteiger partial charge in [0.25, 0.3) is 0 Å². The molecule has 238 valence electrons. The average molecular weight is 611 g/mol. The van der Waals surface area contributed by atoms with Gasteiger partial charge < -0.3 is 14.7 Å². The topological polar surface area (TPSA) is 96.8 Å². The van der Waals surface area contributed by atoms with Crippen molar-refractivity contribution in [3.05, 3.63) is 83.7 Å². The molecule has 2 saturated carbocycles. The lowest BCUT2D eigenvalue weighted by Gasteiger charge is -2.57. The van der Waals surface area contributed by atoms with Gasteiger partial charge >= 0.3 is 11.9 Å². The standard InChI is InChI=1S/C38H46N2O5/c1-37-19-16-29(45-36(44)15-14-34(41)40(22-18-35(42)43)25-26-7-4-3-5-8-26)23-28(37)10-11-30-32-13-12-31(27-9-6-21-39-24-27)38(32,2)20-17-33(30)37/h3-10,12,21,24,29-30,32-33H,11,13-20,22-23,25H2,1-2H3,(H,42,43)/t29?,30?,32?,33-,37?,38?/m0/s1. The Labute approximate surface area is 266 Å². The lowest BCUT2D eigenvalue weighted by molar-refractivity contribution is -0.153. The maximum Gasteiger partial charge on any atom is 0.306 e. The maximum absolute atomic E-state index is 13.0. The number of amides is 1. The van der Waals surface area contributed by atoms with Gasteiger partial charge in [0.1, 0.15) is 6.10 Å². The molecule has 1 aromatic carbocycles. The number of carbonyl (C=O) groups is 3. The summed E-state index contributed by atoms with van der Waals surface area (Å²) in [5.41, 5.74) is 5.47. The Kier molecular flexibility index (Phi) is 8.98. The summed E-state index contributed by atoms with van der Waals surface area (Å²) in [6.45, 7) is 5.37. The highest BCUT2D eigenvalue weighted by Gasteiger charge is 2.57. The molecule has 5 unspecified atom stereocenters. The van der Waals surface area contributed by atoms with Gasteiger partial charge in [-0.3, -0.25) is 19.4 Å². The van der Waals surface area contributed by atoms with Crippen LogP contribution in [0.25, 0.3) is 5.57 Å². The summed E-state index contributed by atoms with van der Waals surface area (Å²) in [6, 6.07) is 13.7. The first-order valence-corrected chi connectivity index (χ1v) is 16.7. The van der Waals surface area contributed by atoms with Crippen molar-refractivity contribution in [3.63, 3.8) is 0 Å². The van der Waals surface area contributed by atoms with Gasteiger partial charge in [-0.1, -0.05) is 68.0 Å². The maximum atomic E-state index is 13.0. The van der Waals surface area contributed by atoms with Crippen LogP contribution in [0.15, 0.2) is 72.6 Å². The van der Waals surface area contributed by atoms with Crippen molar-refractivity contribution in [1.82, 2.24) is 9.88 Å². The van der Waals surface area contributed by atoms with Crippen molar-refractivity contribution >= 4 is 23.4 Å². The molecule has 0 bridgehead atoms. The monoisotopic (exact) mass is 610 g/mol. The molecule has 6 atom stereocenters. The number of ether oxygens (including phenoxy) is 1. The molecular formula is C38H46N2O5. The second kappa shape index (κ2) is 12.9. The Balaban J connectivity index is 1.04. The summed E-state index contributed by atoms with van der Waals surface area (Å²) >= 11 is 0. The summed E-state index contributed by atoms with van der Waals surface area (Å²) in [7, 11) is 0. The number of carboxylic acids is 1. The zero-order chi connectivity index (χ0) is 31.6. The summed E-state index contributed by atoms with van der Waals surface area (Å²) in [5, 5.41) is 9.16.